The number of rotatable bonds is 10. The Morgan fingerprint density at radius 2 is 1.79 bits per heavy atom. The van der Waals surface area contributed by atoms with Crippen LogP contribution in [0.2, 0.25) is 0 Å². The van der Waals surface area contributed by atoms with Gasteiger partial charge in [0.15, 0.2) is 5.76 Å². The van der Waals surface area contributed by atoms with Crippen molar-refractivity contribution in [3.63, 3.8) is 0 Å². The molecule has 39 heavy (non-hydrogen) atoms. The first kappa shape index (κ1) is 25.6. The van der Waals surface area contributed by atoms with Crippen LogP contribution in [0.25, 0.3) is 28.5 Å². The molecule has 4 aromatic heterocycles. The summed E-state index contributed by atoms with van der Waals surface area (Å²) in [5.41, 5.74) is 0.225. The summed E-state index contributed by atoms with van der Waals surface area (Å²) in [5.74, 6) is 1.53. The fourth-order valence-corrected chi connectivity index (χ4v) is 4.12. The van der Waals surface area contributed by atoms with Crippen LogP contribution in [0.15, 0.2) is 62.5 Å². The molecule has 200 valence electrons. The molecule has 0 aliphatic carbocycles. The van der Waals surface area contributed by atoms with Gasteiger partial charge in [0, 0.05) is 12.6 Å². The van der Waals surface area contributed by atoms with Gasteiger partial charge < -0.3 is 23.5 Å². The summed E-state index contributed by atoms with van der Waals surface area (Å²) in [6.45, 7) is 2.03. The van der Waals surface area contributed by atoms with Crippen molar-refractivity contribution >= 4 is 0 Å². The van der Waals surface area contributed by atoms with Crippen LogP contribution in [0.3, 0.4) is 0 Å². The highest BCUT2D eigenvalue weighted by molar-refractivity contribution is 5.65. The van der Waals surface area contributed by atoms with Crippen LogP contribution in [0, 0.1) is 0 Å². The number of unbranched alkanes of at least 4 members (excludes halogenated alkanes) is 1. The molecule has 12 nitrogen and oxygen atoms in total. The average molecular weight is 531 g/mol. The summed E-state index contributed by atoms with van der Waals surface area (Å²) in [6, 6.07) is 10.6. The van der Waals surface area contributed by atoms with E-state index >= 15 is 0 Å². The monoisotopic (exact) mass is 530 g/mol. The van der Waals surface area contributed by atoms with E-state index in [1.165, 1.54) is 25.0 Å². The summed E-state index contributed by atoms with van der Waals surface area (Å²) < 4.78 is 23.6. The summed E-state index contributed by atoms with van der Waals surface area (Å²) in [5, 5.41) is 14.8. The van der Waals surface area contributed by atoms with Crippen molar-refractivity contribution in [1.82, 2.24) is 29.7 Å². The number of benzene rings is 1. The molecule has 0 atom stereocenters. The molecule has 12 heteroatoms. The Morgan fingerprint density at radius 1 is 1.00 bits per heavy atom. The second kappa shape index (κ2) is 11.2. The lowest BCUT2D eigenvalue weighted by Gasteiger charge is -2.19. The molecule has 0 bridgehead atoms. The number of aromatic nitrogens is 6. The molecule has 0 aliphatic heterocycles. The van der Waals surface area contributed by atoms with Gasteiger partial charge in [0.05, 0.1) is 20.4 Å². The minimum atomic E-state index is -0.561. The van der Waals surface area contributed by atoms with Crippen molar-refractivity contribution in [1.29, 1.82) is 0 Å². The number of pyridine rings is 1. The second-order valence-electron chi connectivity index (χ2n) is 8.50. The highest BCUT2D eigenvalue weighted by Gasteiger charge is 2.26. The third-order valence-electron chi connectivity index (χ3n) is 5.98. The summed E-state index contributed by atoms with van der Waals surface area (Å²) in [4.78, 5) is 31.1. The van der Waals surface area contributed by atoms with E-state index in [0.717, 1.165) is 12.8 Å². The van der Waals surface area contributed by atoms with Crippen molar-refractivity contribution in [2.75, 3.05) is 14.2 Å². The zero-order chi connectivity index (χ0) is 27.4. The molecule has 0 saturated heterocycles. The SMILES string of the molecule is CCCCc1nc(O)c(-c2cnc(Cc3nc(-c4ccccn4)no3)o2)c(=O)n1-c1c(OC)cccc1OC. The van der Waals surface area contributed by atoms with Crippen molar-refractivity contribution in [3.05, 3.63) is 76.8 Å². The van der Waals surface area contributed by atoms with Crippen LogP contribution >= 0.6 is 0 Å². The molecule has 0 unspecified atom stereocenters. The standard InChI is InChI=1S/C27H26N6O6/c1-4-5-12-20-30-26(34)23(27(35)33(20)24-17(36-2)10-8-11-18(24)37-3)19-15-29-21(38-19)14-22-31-25(32-39-22)16-9-6-7-13-28-16/h6-11,13,15,34H,4-5,12,14H2,1-3H3. The lowest BCUT2D eigenvalue weighted by Crippen LogP contribution is -2.26. The largest absolute Gasteiger partial charge is 0.494 e. The number of hydrogen-bond donors (Lipinski definition) is 1. The summed E-state index contributed by atoms with van der Waals surface area (Å²) in [7, 11) is 3.01. The number of para-hydroxylation sites is 1. The Balaban J connectivity index is 1.55. The van der Waals surface area contributed by atoms with Crippen molar-refractivity contribution < 1.29 is 23.5 Å². The number of methoxy groups -OCH3 is 2. The minimum absolute atomic E-state index is 0.0362. The third kappa shape index (κ3) is 5.08. The van der Waals surface area contributed by atoms with Gasteiger partial charge in [-0.1, -0.05) is 30.6 Å². The Hall–Kier alpha value is -5.00. The van der Waals surface area contributed by atoms with Crippen molar-refractivity contribution in [2.24, 2.45) is 0 Å². The quantitative estimate of drug-likeness (QED) is 0.279. The molecule has 5 rings (SSSR count). The molecule has 0 amide bonds. The van der Waals surface area contributed by atoms with Crippen LogP contribution in [0.1, 0.15) is 37.4 Å². The molecule has 5 aromatic rings. The van der Waals surface area contributed by atoms with E-state index in [0.29, 0.717) is 40.9 Å². The average Bonchev–Trinajstić information content (AvgIpc) is 3.62. The Morgan fingerprint density at radius 3 is 2.49 bits per heavy atom. The molecule has 4 heterocycles. The molecule has 0 saturated carbocycles. The Bertz CT molecular complexity index is 1620. The number of aryl methyl sites for hydroxylation is 1. The maximum absolute atomic E-state index is 14.0. The number of oxazole rings is 1. The first-order valence-electron chi connectivity index (χ1n) is 12.3. The van der Waals surface area contributed by atoms with Gasteiger partial charge in [-0.25, -0.2) is 4.98 Å². The number of aromatic hydroxyl groups is 1. The van der Waals surface area contributed by atoms with Gasteiger partial charge in [-0.3, -0.25) is 14.3 Å². The van der Waals surface area contributed by atoms with E-state index in [1.54, 1.807) is 36.5 Å². The first-order valence-corrected chi connectivity index (χ1v) is 12.3. The molecule has 0 radical (unpaired) electrons. The van der Waals surface area contributed by atoms with Gasteiger partial charge >= 0.3 is 0 Å². The van der Waals surface area contributed by atoms with Crippen LogP contribution in [-0.4, -0.2) is 49.0 Å². The van der Waals surface area contributed by atoms with E-state index < -0.39 is 11.4 Å². The Labute approximate surface area is 222 Å². The number of nitrogens with zero attached hydrogens (tertiary/aromatic N) is 6. The molecule has 1 aromatic carbocycles. The normalized spacial score (nSPS) is 11.1. The second-order valence-corrected chi connectivity index (χ2v) is 8.50. The lowest BCUT2D eigenvalue weighted by molar-refractivity contribution is 0.373. The van der Waals surface area contributed by atoms with Gasteiger partial charge in [0.25, 0.3) is 5.56 Å². The molecule has 0 fully saturated rings. The topological polar surface area (TPSA) is 151 Å². The highest BCUT2D eigenvalue weighted by atomic mass is 16.5. The highest BCUT2D eigenvalue weighted by Crippen LogP contribution is 2.34. The molecule has 1 N–H and O–H groups in total. The van der Waals surface area contributed by atoms with E-state index in [-0.39, 0.29) is 29.5 Å². The smallest absolute Gasteiger partial charge is 0.273 e. The first-order chi connectivity index (χ1) is 19.0. The molecule has 0 spiro atoms. The number of ether oxygens (including phenoxy) is 2. The molecular weight excluding hydrogens is 504 g/mol. The maximum atomic E-state index is 14.0. The van der Waals surface area contributed by atoms with E-state index in [9.17, 15) is 9.90 Å². The van der Waals surface area contributed by atoms with Crippen LogP contribution < -0.4 is 15.0 Å². The predicted octanol–water partition coefficient (Wildman–Crippen LogP) is 3.99. The van der Waals surface area contributed by atoms with E-state index in [2.05, 4.69) is 25.1 Å². The molecular formula is C27H26N6O6. The summed E-state index contributed by atoms with van der Waals surface area (Å²) >= 11 is 0. The number of hydrogen-bond acceptors (Lipinski definition) is 11. The molecule has 0 aliphatic rings. The maximum Gasteiger partial charge on any atom is 0.273 e. The van der Waals surface area contributed by atoms with Gasteiger partial charge in [-0.15, -0.1) is 0 Å². The fraction of sp³-hybridized carbons (Fsp3) is 0.259. The minimum Gasteiger partial charge on any atom is -0.494 e. The van der Waals surface area contributed by atoms with Crippen LogP contribution in [-0.2, 0) is 12.8 Å². The van der Waals surface area contributed by atoms with Crippen molar-refractivity contribution in [2.45, 2.75) is 32.6 Å². The van der Waals surface area contributed by atoms with Gasteiger partial charge in [0.2, 0.25) is 23.5 Å². The van der Waals surface area contributed by atoms with Gasteiger partial charge in [-0.2, -0.15) is 9.97 Å². The van der Waals surface area contributed by atoms with Gasteiger partial charge in [-0.05, 0) is 30.7 Å². The Kier molecular flexibility index (Phi) is 7.34. The van der Waals surface area contributed by atoms with Gasteiger partial charge in [0.1, 0.15) is 40.7 Å². The van der Waals surface area contributed by atoms with E-state index in [1.807, 2.05) is 13.0 Å². The lowest BCUT2D eigenvalue weighted by atomic mass is 10.2. The fourth-order valence-electron chi connectivity index (χ4n) is 4.12. The third-order valence-corrected chi connectivity index (χ3v) is 5.98. The summed E-state index contributed by atoms with van der Waals surface area (Å²) in [6.07, 6.45) is 5.10. The zero-order valence-electron chi connectivity index (χ0n) is 21.6. The van der Waals surface area contributed by atoms with Crippen LogP contribution in [0.4, 0.5) is 0 Å². The van der Waals surface area contributed by atoms with Crippen molar-refractivity contribution in [3.8, 4) is 45.9 Å². The van der Waals surface area contributed by atoms with Crippen LogP contribution in [0.5, 0.6) is 17.4 Å². The van der Waals surface area contributed by atoms with E-state index in [4.69, 9.17) is 18.4 Å². The predicted molar refractivity (Wildman–Crippen MR) is 139 cm³/mol. The zero-order valence-corrected chi connectivity index (χ0v) is 21.6.